The molecule has 0 saturated heterocycles. The second kappa shape index (κ2) is 12.6. The molecule has 0 unspecified atom stereocenters. The van der Waals surface area contributed by atoms with Crippen LogP contribution in [0.15, 0.2) is 121 Å². The van der Waals surface area contributed by atoms with Crippen LogP contribution in [0.3, 0.4) is 0 Å². The Bertz CT molecular complexity index is 1220. The van der Waals surface area contributed by atoms with E-state index in [-0.39, 0.29) is 0 Å². The van der Waals surface area contributed by atoms with Gasteiger partial charge in [0.15, 0.2) is 5.75 Å². The van der Waals surface area contributed by atoms with E-state index in [2.05, 4.69) is 106 Å². The lowest BCUT2D eigenvalue weighted by Crippen LogP contribution is -2.20. The molecule has 0 aromatic heterocycles. The zero-order chi connectivity index (χ0) is 25.2. The van der Waals surface area contributed by atoms with Crippen molar-refractivity contribution in [3.8, 4) is 5.75 Å². The quantitative estimate of drug-likeness (QED) is 0.285. The van der Waals surface area contributed by atoms with Crippen molar-refractivity contribution in [2.24, 2.45) is 0 Å². The number of allylic oxidation sites excluding steroid dienone is 10. The molecule has 2 nitrogen and oxygen atoms in total. The Labute approximate surface area is 211 Å². The molecule has 0 spiro atoms. The topological polar surface area (TPSA) is 12.5 Å². The molecule has 0 amide bonds. The van der Waals surface area contributed by atoms with Gasteiger partial charge < -0.3 is 9.64 Å². The third-order valence-corrected chi connectivity index (χ3v) is 5.80. The first-order chi connectivity index (χ1) is 17.0. The first kappa shape index (κ1) is 25.8. The summed E-state index contributed by atoms with van der Waals surface area (Å²) in [5.74, 6) is 0.828. The number of anilines is 2. The molecule has 35 heavy (non-hydrogen) atoms. The Morgan fingerprint density at radius 1 is 1.11 bits per heavy atom. The van der Waals surface area contributed by atoms with Crippen LogP contribution in [0.5, 0.6) is 5.75 Å². The largest absolute Gasteiger partial charge is 0.487 e. The molecule has 1 aliphatic heterocycles. The number of nitrogens with zero attached hydrogens (tertiary/aromatic N) is 1. The Hall–Kier alpha value is -3.78. The van der Waals surface area contributed by atoms with Crippen LogP contribution in [0.25, 0.3) is 5.57 Å². The van der Waals surface area contributed by atoms with Crippen LogP contribution >= 0.6 is 0 Å². The molecular formula is C33H37NO. The predicted octanol–water partition coefficient (Wildman–Crippen LogP) is 9.41. The number of hydrogen-bond acceptors (Lipinski definition) is 2. The van der Waals surface area contributed by atoms with Gasteiger partial charge in [-0.1, -0.05) is 86.9 Å². The molecule has 2 aromatic rings. The van der Waals surface area contributed by atoms with Crippen LogP contribution in [0.4, 0.5) is 11.4 Å². The molecule has 0 aliphatic carbocycles. The van der Waals surface area contributed by atoms with Gasteiger partial charge in [-0.15, -0.1) is 0 Å². The van der Waals surface area contributed by atoms with Crippen molar-refractivity contribution < 1.29 is 4.74 Å². The zero-order valence-corrected chi connectivity index (χ0v) is 21.6. The van der Waals surface area contributed by atoms with Crippen LogP contribution in [0, 0.1) is 6.92 Å². The highest BCUT2D eigenvalue weighted by molar-refractivity contribution is 5.85. The first-order valence-corrected chi connectivity index (χ1v) is 12.3. The van der Waals surface area contributed by atoms with Gasteiger partial charge in [0.2, 0.25) is 0 Å². The molecule has 0 saturated carbocycles. The molecule has 3 rings (SSSR count). The first-order valence-electron chi connectivity index (χ1n) is 12.3. The van der Waals surface area contributed by atoms with E-state index < -0.39 is 0 Å². The van der Waals surface area contributed by atoms with E-state index in [0.717, 1.165) is 57.9 Å². The average Bonchev–Trinajstić information content (AvgIpc) is 2.93. The fraction of sp³-hybridized carbons (Fsp3) is 0.212. The fourth-order valence-electron chi connectivity index (χ4n) is 4.17. The van der Waals surface area contributed by atoms with E-state index in [0.29, 0.717) is 6.61 Å². The van der Waals surface area contributed by atoms with E-state index in [4.69, 9.17) is 4.74 Å². The summed E-state index contributed by atoms with van der Waals surface area (Å²) in [4.78, 5) is 2.33. The van der Waals surface area contributed by atoms with Gasteiger partial charge in [0.25, 0.3) is 0 Å². The third-order valence-electron chi connectivity index (χ3n) is 5.80. The van der Waals surface area contributed by atoms with Gasteiger partial charge in [-0.2, -0.15) is 0 Å². The van der Waals surface area contributed by atoms with Gasteiger partial charge in [-0.25, -0.2) is 0 Å². The van der Waals surface area contributed by atoms with Crippen LogP contribution < -0.4 is 9.64 Å². The number of ether oxygens (including phenoxy) is 1. The van der Waals surface area contributed by atoms with Crippen molar-refractivity contribution >= 4 is 16.9 Å². The zero-order valence-electron chi connectivity index (χ0n) is 21.6. The molecule has 0 bridgehead atoms. The van der Waals surface area contributed by atoms with Crippen molar-refractivity contribution in [2.45, 2.75) is 40.5 Å². The molecule has 0 radical (unpaired) electrons. The number of aryl methyl sites for hydroxylation is 1. The second-order valence-electron chi connectivity index (χ2n) is 8.68. The van der Waals surface area contributed by atoms with Crippen molar-refractivity contribution in [2.75, 3.05) is 11.5 Å². The van der Waals surface area contributed by atoms with E-state index in [1.807, 2.05) is 31.2 Å². The van der Waals surface area contributed by atoms with E-state index in [1.165, 1.54) is 5.56 Å². The SMILES string of the molecule is C=C(C)C(/C=C\C)=C(\C/C=C\CC)N(c1cccc(C)c1)c1cccc2c1OC/C=C\C=C/C2=C. The molecule has 0 atom stereocenters. The summed E-state index contributed by atoms with van der Waals surface area (Å²) in [6.45, 7) is 17.5. The predicted molar refractivity (Wildman–Crippen MR) is 153 cm³/mol. The highest BCUT2D eigenvalue weighted by Crippen LogP contribution is 2.43. The van der Waals surface area contributed by atoms with Crippen LogP contribution in [0.2, 0.25) is 0 Å². The lowest BCUT2D eigenvalue weighted by molar-refractivity contribution is 0.363. The molecule has 2 aromatic carbocycles. The minimum atomic E-state index is 0.486. The Balaban J connectivity index is 2.38. The second-order valence-corrected chi connectivity index (χ2v) is 8.68. The van der Waals surface area contributed by atoms with Crippen molar-refractivity contribution in [3.63, 3.8) is 0 Å². The van der Waals surface area contributed by atoms with Gasteiger partial charge in [-0.05, 0) is 73.7 Å². The number of fused-ring (bicyclic) bond motifs is 1. The summed E-state index contributed by atoms with van der Waals surface area (Å²) in [5, 5.41) is 0. The van der Waals surface area contributed by atoms with Crippen LogP contribution in [0.1, 0.15) is 44.7 Å². The van der Waals surface area contributed by atoms with Gasteiger partial charge in [-0.3, -0.25) is 0 Å². The summed E-state index contributed by atoms with van der Waals surface area (Å²) in [7, 11) is 0. The third kappa shape index (κ3) is 6.42. The number of rotatable bonds is 8. The van der Waals surface area contributed by atoms with Crippen molar-refractivity contribution in [1.29, 1.82) is 0 Å². The Morgan fingerprint density at radius 2 is 1.91 bits per heavy atom. The maximum Gasteiger partial charge on any atom is 0.151 e. The molecule has 0 N–H and O–H groups in total. The van der Waals surface area contributed by atoms with Crippen molar-refractivity contribution in [3.05, 3.63) is 132 Å². The summed E-state index contributed by atoms with van der Waals surface area (Å²) in [6, 6.07) is 14.9. The minimum absolute atomic E-state index is 0.486. The van der Waals surface area contributed by atoms with E-state index in [1.54, 1.807) is 0 Å². The van der Waals surface area contributed by atoms with Crippen molar-refractivity contribution in [1.82, 2.24) is 0 Å². The lowest BCUT2D eigenvalue weighted by Gasteiger charge is -2.32. The van der Waals surface area contributed by atoms with Crippen LogP contribution in [-0.2, 0) is 0 Å². The molecule has 1 heterocycles. The highest BCUT2D eigenvalue weighted by atomic mass is 16.5. The Morgan fingerprint density at radius 3 is 2.63 bits per heavy atom. The van der Waals surface area contributed by atoms with Gasteiger partial charge in [0.1, 0.15) is 6.61 Å². The maximum absolute atomic E-state index is 6.41. The molecule has 2 heteroatoms. The standard InChI is InChI=1S/C33H37NO/c1-7-9-11-21-31(29(16-8-2)25(3)4)34(28-19-14-17-26(5)24-28)32-22-15-20-30-27(6)18-12-10-13-23-35-33(30)32/h8-20,22,24H,3,6-7,21,23H2,1-2,4-5H3/b11-9-,13-10-,16-8-,18-12-,31-29+. The fourth-order valence-corrected chi connectivity index (χ4v) is 4.17. The maximum atomic E-state index is 6.41. The number of benzene rings is 2. The smallest absolute Gasteiger partial charge is 0.151 e. The van der Waals surface area contributed by atoms with Gasteiger partial charge in [0, 0.05) is 23.4 Å². The van der Waals surface area contributed by atoms with Gasteiger partial charge in [0.05, 0.1) is 5.69 Å². The van der Waals surface area contributed by atoms with Crippen LogP contribution in [-0.4, -0.2) is 6.61 Å². The Kier molecular flexibility index (Phi) is 9.31. The summed E-state index contributed by atoms with van der Waals surface area (Å²) < 4.78 is 6.41. The monoisotopic (exact) mass is 463 g/mol. The highest BCUT2D eigenvalue weighted by Gasteiger charge is 2.23. The molecule has 180 valence electrons. The number of para-hydroxylation sites is 1. The molecular weight excluding hydrogens is 426 g/mol. The lowest BCUT2D eigenvalue weighted by atomic mass is 9.99. The molecule has 1 aliphatic rings. The van der Waals surface area contributed by atoms with E-state index >= 15 is 0 Å². The summed E-state index contributed by atoms with van der Waals surface area (Å²) in [6.07, 6.45) is 18.5. The molecule has 0 fully saturated rings. The minimum Gasteiger partial charge on any atom is -0.487 e. The van der Waals surface area contributed by atoms with Gasteiger partial charge >= 0.3 is 0 Å². The summed E-state index contributed by atoms with van der Waals surface area (Å²) >= 11 is 0. The normalized spacial score (nSPS) is 16.1. The summed E-state index contributed by atoms with van der Waals surface area (Å²) in [5.41, 5.74) is 8.48. The average molecular weight is 464 g/mol. The van der Waals surface area contributed by atoms with E-state index in [9.17, 15) is 0 Å². The number of hydrogen-bond donors (Lipinski definition) is 0.